The van der Waals surface area contributed by atoms with E-state index in [1.54, 1.807) is 0 Å². The van der Waals surface area contributed by atoms with Crippen molar-refractivity contribution in [3.63, 3.8) is 0 Å². The van der Waals surface area contributed by atoms with Crippen LogP contribution < -0.4 is 35.3 Å². The Hall–Kier alpha value is -0.100. The van der Waals surface area contributed by atoms with Crippen LogP contribution in [0.15, 0.2) is 0 Å². The molecule has 1 unspecified atom stereocenters. The Bertz CT molecular complexity index is 145. The average molecular weight is 169 g/mol. The predicted molar refractivity (Wildman–Crippen MR) is 32.1 cm³/mol. The molecule has 0 heterocycles. The largest absolute Gasteiger partial charge is 1.00 e. The van der Waals surface area contributed by atoms with Gasteiger partial charge >= 0.3 is 41.5 Å². The van der Waals surface area contributed by atoms with Crippen LogP contribution in [0.3, 0.4) is 0 Å². The summed E-state index contributed by atoms with van der Waals surface area (Å²) in [6, 6.07) is -1.12. The van der Waals surface area contributed by atoms with Crippen LogP contribution in [0.1, 0.15) is 0 Å². The summed E-state index contributed by atoms with van der Waals surface area (Å²) >= 11 is 0. The molecule has 0 rings (SSSR count). The molecule has 0 aliphatic heterocycles. The maximum atomic E-state index is 10.1. The number of hydrogen-bond acceptors (Lipinski definition) is 3. The van der Waals surface area contributed by atoms with Crippen LogP contribution in [0, 0.1) is 12.8 Å². The molecule has 0 aliphatic rings. The predicted octanol–water partition coefficient (Wildman–Crippen LogP) is -4.06. The minimum absolute atomic E-state index is 0. The topological polar surface area (TPSA) is 101 Å². The molecule has 0 spiro atoms. The van der Waals surface area contributed by atoms with Gasteiger partial charge in [0, 0.05) is 0 Å². The zero-order valence-corrected chi connectivity index (χ0v) is 8.15. The Kier molecular flexibility index (Phi) is 6.79. The molecule has 0 saturated heterocycles. The van der Waals surface area contributed by atoms with Gasteiger partial charge in [-0.25, -0.2) is 0 Å². The summed E-state index contributed by atoms with van der Waals surface area (Å²) in [6.45, 7) is 3.10. The Labute approximate surface area is 85.9 Å². The van der Waals surface area contributed by atoms with Crippen molar-refractivity contribution < 1.29 is 49.4 Å². The zero-order valence-electron chi connectivity index (χ0n) is 6.15. The van der Waals surface area contributed by atoms with Crippen molar-refractivity contribution in [2.24, 2.45) is 11.7 Å². The van der Waals surface area contributed by atoms with Crippen LogP contribution in [0.2, 0.25) is 0 Å². The molecule has 0 aliphatic carbocycles. The minimum Gasteiger partial charge on any atom is -0.481 e. The van der Waals surface area contributed by atoms with Crippen molar-refractivity contribution in [3.8, 4) is 0 Å². The molecule has 0 aromatic heterocycles. The molecule has 0 aromatic rings. The van der Waals surface area contributed by atoms with E-state index in [2.05, 4.69) is 6.92 Å². The maximum absolute atomic E-state index is 10.1. The van der Waals surface area contributed by atoms with Gasteiger partial charge in [-0.05, 0) is 0 Å². The van der Waals surface area contributed by atoms with Crippen molar-refractivity contribution in [1.29, 1.82) is 0 Å². The SMILES string of the molecule is [CH2-]C(N)C(C(=O)O)C(=O)O.[Na+]. The van der Waals surface area contributed by atoms with Crippen LogP contribution in [0.4, 0.5) is 0 Å². The van der Waals surface area contributed by atoms with Gasteiger partial charge in [0.1, 0.15) is 5.92 Å². The molecule has 0 radical (unpaired) electrons. The summed E-state index contributed by atoms with van der Waals surface area (Å²) in [5.41, 5.74) is 4.97. The number of carboxylic acids is 2. The first-order valence-corrected chi connectivity index (χ1v) is 2.51. The summed E-state index contributed by atoms with van der Waals surface area (Å²) in [5.74, 6) is -4.54. The Balaban J connectivity index is 0. The van der Waals surface area contributed by atoms with Gasteiger partial charge in [0.2, 0.25) is 0 Å². The number of aliphatic carboxylic acids is 2. The second-order valence-corrected chi connectivity index (χ2v) is 1.82. The molecule has 4 N–H and O–H groups in total. The first kappa shape index (κ1) is 13.5. The average Bonchev–Trinajstić information content (AvgIpc) is 1.59. The van der Waals surface area contributed by atoms with Gasteiger partial charge in [0.25, 0.3) is 0 Å². The van der Waals surface area contributed by atoms with Gasteiger partial charge in [0.05, 0.1) is 0 Å². The first-order chi connectivity index (χ1) is 4.46. The summed E-state index contributed by atoms with van der Waals surface area (Å²) in [7, 11) is 0. The molecular weight excluding hydrogens is 161 g/mol. The Morgan fingerprint density at radius 3 is 1.55 bits per heavy atom. The summed E-state index contributed by atoms with van der Waals surface area (Å²) in [5, 5.41) is 16.4. The molecular formula is C5H8NNaO4. The van der Waals surface area contributed by atoms with E-state index in [-0.39, 0.29) is 29.6 Å². The molecule has 0 amide bonds. The molecule has 0 bridgehead atoms. The van der Waals surface area contributed by atoms with E-state index in [4.69, 9.17) is 15.9 Å². The molecule has 11 heavy (non-hydrogen) atoms. The van der Waals surface area contributed by atoms with Gasteiger partial charge in [-0.1, -0.05) is 6.04 Å². The maximum Gasteiger partial charge on any atom is 1.00 e. The molecule has 1 atom stereocenters. The van der Waals surface area contributed by atoms with Gasteiger partial charge in [-0.2, -0.15) is 0 Å². The van der Waals surface area contributed by atoms with E-state index in [0.29, 0.717) is 0 Å². The van der Waals surface area contributed by atoms with E-state index in [9.17, 15) is 9.59 Å². The van der Waals surface area contributed by atoms with Crippen LogP contribution in [-0.2, 0) is 9.59 Å². The molecule has 58 valence electrons. The second kappa shape index (κ2) is 5.54. The second-order valence-electron chi connectivity index (χ2n) is 1.82. The van der Waals surface area contributed by atoms with Gasteiger partial charge in [0.15, 0.2) is 0 Å². The summed E-state index contributed by atoms with van der Waals surface area (Å²) < 4.78 is 0. The quantitative estimate of drug-likeness (QED) is 0.227. The fourth-order valence-corrected chi connectivity index (χ4v) is 0.472. The Morgan fingerprint density at radius 1 is 1.27 bits per heavy atom. The number of carboxylic acid groups (broad SMARTS) is 2. The summed E-state index contributed by atoms with van der Waals surface area (Å²) in [6.07, 6.45) is 0. The molecule has 5 nitrogen and oxygen atoms in total. The Morgan fingerprint density at radius 2 is 1.55 bits per heavy atom. The van der Waals surface area contributed by atoms with Crippen LogP contribution >= 0.6 is 0 Å². The zero-order chi connectivity index (χ0) is 8.31. The number of nitrogens with two attached hydrogens (primary N) is 1. The number of hydrogen-bond donors (Lipinski definition) is 3. The van der Waals surface area contributed by atoms with Crippen molar-refractivity contribution in [3.05, 3.63) is 6.92 Å². The van der Waals surface area contributed by atoms with Crippen molar-refractivity contribution in [1.82, 2.24) is 0 Å². The first-order valence-electron chi connectivity index (χ1n) is 2.51. The van der Waals surface area contributed by atoms with E-state index in [0.717, 1.165) is 0 Å². The third kappa shape index (κ3) is 4.36. The fraction of sp³-hybridized carbons (Fsp3) is 0.400. The van der Waals surface area contributed by atoms with E-state index < -0.39 is 23.9 Å². The van der Waals surface area contributed by atoms with Crippen LogP contribution in [0.25, 0.3) is 0 Å². The summed E-state index contributed by atoms with van der Waals surface area (Å²) in [4.78, 5) is 20.2. The third-order valence-electron chi connectivity index (χ3n) is 0.960. The molecule has 0 saturated carbocycles. The van der Waals surface area contributed by atoms with E-state index >= 15 is 0 Å². The standard InChI is InChI=1S/C5H8NO4.Na/c1-2(6)3(4(7)8)5(9)10;/h2-3H,1,6H2,(H,7,8)(H,9,10);/q-1;+1. The van der Waals surface area contributed by atoms with E-state index in [1.165, 1.54) is 0 Å². The third-order valence-corrected chi connectivity index (χ3v) is 0.960. The minimum atomic E-state index is -1.61. The monoisotopic (exact) mass is 169 g/mol. The normalized spacial score (nSPS) is 11.9. The van der Waals surface area contributed by atoms with Crippen LogP contribution in [0.5, 0.6) is 0 Å². The molecule has 0 aromatic carbocycles. The fourth-order valence-electron chi connectivity index (χ4n) is 0.472. The smallest absolute Gasteiger partial charge is 0.481 e. The van der Waals surface area contributed by atoms with Gasteiger partial charge in [-0.15, -0.1) is 0 Å². The number of carbonyl (C=O) groups is 2. The molecule has 0 fully saturated rings. The van der Waals surface area contributed by atoms with Gasteiger partial charge < -0.3 is 22.9 Å². The van der Waals surface area contributed by atoms with Gasteiger partial charge in [-0.3, -0.25) is 9.59 Å². The van der Waals surface area contributed by atoms with Crippen molar-refractivity contribution >= 4 is 11.9 Å². The van der Waals surface area contributed by atoms with Crippen molar-refractivity contribution in [2.75, 3.05) is 0 Å². The number of rotatable bonds is 3. The van der Waals surface area contributed by atoms with Crippen LogP contribution in [-0.4, -0.2) is 28.2 Å². The molecule has 6 heteroatoms. The van der Waals surface area contributed by atoms with Crippen molar-refractivity contribution in [2.45, 2.75) is 6.04 Å². The van der Waals surface area contributed by atoms with E-state index in [1.807, 2.05) is 0 Å².